The van der Waals surface area contributed by atoms with Gasteiger partial charge in [0.15, 0.2) is 5.16 Å². The predicted molar refractivity (Wildman–Crippen MR) is 98.7 cm³/mol. The van der Waals surface area contributed by atoms with Gasteiger partial charge in [0, 0.05) is 23.9 Å². The van der Waals surface area contributed by atoms with Gasteiger partial charge in [0.1, 0.15) is 0 Å². The Balaban J connectivity index is 1.95. The Morgan fingerprint density at radius 3 is 2.62 bits per heavy atom. The van der Waals surface area contributed by atoms with Crippen molar-refractivity contribution in [3.8, 4) is 0 Å². The molecule has 24 heavy (non-hydrogen) atoms. The molecule has 6 heteroatoms. The molecular weight excluding hydrogens is 344 g/mol. The van der Waals surface area contributed by atoms with Gasteiger partial charge in [0.2, 0.25) is 0 Å². The fourth-order valence-electron chi connectivity index (χ4n) is 2.41. The van der Waals surface area contributed by atoms with Gasteiger partial charge in [-0.1, -0.05) is 47.6 Å². The van der Waals surface area contributed by atoms with Crippen LogP contribution >= 0.6 is 23.4 Å². The van der Waals surface area contributed by atoms with Crippen molar-refractivity contribution in [3.05, 3.63) is 69.5 Å². The van der Waals surface area contributed by atoms with E-state index in [0.717, 1.165) is 5.56 Å². The standard InChI is InChI=1S/C18H17ClN2O2S/c19-14-8-6-13(7-9-14)12-24-18-20-16-5-2-1-4-15(16)17(23)21(18)10-3-11-22/h1-2,4-9,22H,3,10-12H2. The molecule has 0 aliphatic heterocycles. The van der Waals surface area contributed by atoms with Gasteiger partial charge in [0.25, 0.3) is 5.56 Å². The summed E-state index contributed by atoms with van der Waals surface area (Å²) >= 11 is 7.42. The van der Waals surface area contributed by atoms with Gasteiger partial charge < -0.3 is 5.11 Å². The van der Waals surface area contributed by atoms with Crippen LogP contribution in [0, 0.1) is 0 Å². The lowest BCUT2D eigenvalue weighted by atomic mass is 10.2. The van der Waals surface area contributed by atoms with Crippen molar-refractivity contribution in [2.75, 3.05) is 6.61 Å². The predicted octanol–water partition coefficient (Wildman–Crippen LogP) is 3.72. The molecule has 0 aliphatic rings. The molecule has 0 amide bonds. The molecule has 3 rings (SSSR count). The van der Waals surface area contributed by atoms with E-state index in [-0.39, 0.29) is 12.2 Å². The maximum absolute atomic E-state index is 12.7. The van der Waals surface area contributed by atoms with E-state index in [2.05, 4.69) is 4.98 Å². The molecule has 0 aliphatic carbocycles. The Morgan fingerprint density at radius 2 is 1.88 bits per heavy atom. The summed E-state index contributed by atoms with van der Waals surface area (Å²) in [6, 6.07) is 15.0. The van der Waals surface area contributed by atoms with E-state index in [1.807, 2.05) is 42.5 Å². The van der Waals surface area contributed by atoms with E-state index in [9.17, 15) is 4.79 Å². The van der Waals surface area contributed by atoms with Gasteiger partial charge in [-0.3, -0.25) is 9.36 Å². The molecule has 2 aromatic carbocycles. The highest BCUT2D eigenvalue weighted by Crippen LogP contribution is 2.23. The summed E-state index contributed by atoms with van der Waals surface area (Å²) in [5.41, 5.74) is 1.74. The van der Waals surface area contributed by atoms with Crippen LogP contribution in [0.2, 0.25) is 5.02 Å². The number of hydrogen-bond acceptors (Lipinski definition) is 4. The Bertz CT molecular complexity index is 894. The normalized spacial score (nSPS) is 11.1. The fourth-order valence-corrected chi connectivity index (χ4v) is 3.52. The lowest BCUT2D eigenvalue weighted by molar-refractivity contribution is 0.276. The van der Waals surface area contributed by atoms with Crippen LogP contribution < -0.4 is 5.56 Å². The molecule has 1 heterocycles. The number of hydrogen-bond donors (Lipinski definition) is 1. The monoisotopic (exact) mass is 360 g/mol. The van der Waals surface area contributed by atoms with E-state index < -0.39 is 0 Å². The van der Waals surface area contributed by atoms with Crippen molar-refractivity contribution >= 4 is 34.3 Å². The lowest BCUT2D eigenvalue weighted by Crippen LogP contribution is -2.24. The SMILES string of the molecule is O=c1c2ccccc2nc(SCc2ccc(Cl)cc2)n1CCCO. The van der Waals surface area contributed by atoms with Crippen molar-refractivity contribution in [1.29, 1.82) is 0 Å². The fraction of sp³-hybridized carbons (Fsp3) is 0.222. The average Bonchev–Trinajstić information content (AvgIpc) is 2.61. The summed E-state index contributed by atoms with van der Waals surface area (Å²) in [6.07, 6.45) is 0.522. The highest BCUT2D eigenvalue weighted by atomic mass is 35.5. The Kier molecular flexibility index (Phi) is 5.56. The van der Waals surface area contributed by atoms with Crippen LogP contribution in [-0.2, 0) is 12.3 Å². The van der Waals surface area contributed by atoms with E-state index in [1.54, 1.807) is 10.6 Å². The second-order valence-corrected chi connectivity index (χ2v) is 6.74. The number of nitrogens with zero attached hydrogens (tertiary/aromatic N) is 2. The number of thioether (sulfide) groups is 1. The number of fused-ring (bicyclic) bond motifs is 1. The van der Waals surface area contributed by atoms with Crippen molar-refractivity contribution in [2.45, 2.75) is 23.9 Å². The zero-order valence-electron chi connectivity index (χ0n) is 13.0. The zero-order valence-corrected chi connectivity index (χ0v) is 14.6. The molecule has 1 aromatic heterocycles. The van der Waals surface area contributed by atoms with Gasteiger partial charge in [-0.15, -0.1) is 0 Å². The second kappa shape index (κ2) is 7.83. The third-order valence-corrected chi connectivity index (χ3v) is 4.95. The number of para-hydroxylation sites is 1. The Hall–Kier alpha value is -1.82. The van der Waals surface area contributed by atoms with E-state index >= 15 is 0 Å². The highest BCUT2D eigenvalue weighted by molar-refractivity contribution is 7.98. The molecule has 0 saturated carbocycles. The summed E-state index contributed by atoms with van der Waals surface area (Å²) in [7, 11) is 0. The molecule has 4 nitrogen and oxygen atoms in total. The number of aromatic nitrogens is 2. The molecular formula is C18H17ClN2O2S. The first-order valence-electron chi connectivity index (χ1n) is 7.67. The molecule has 0 spiro atoms. The van der Waals surface area contributed by atoms with Crippen molar-refractivity contribution < 1.29 is 5.11 Å². The smallest absolute Gasteiger partial charge is 0.262 e. The van der Waals surface area contributed by atoms with E-state index in [1.165, 1.54) is 11.8 Å². The molecule has 0 unspecified atom stereocenters. The van der Waals surface area contributed by atoms with Crippen LogP contribution in [0.5, 0.6) is 0 Å². The van der Waals surface area contributed by atoms with Crippen molar-refractivity contribution in [1.82, 2.24) is 9.55 Å². The van der Waals surface area contributed by atoms with E-state index in [4.69, 9.17) is 16.7 Å². The molecule has 0 bridgehead atoms. The topological polar surface area (TPSA) is 55.1 Å². The lowest BCUT2D eigenvalue weighted by Gasteiger charge is -2.12. The van der Waals surface area contributed by atoms with Crippen LogP contribution in [0.4, 0.5) is 0 Å². The molecule has 124 valence electrons. The zero-order chi connectivity index (χ0) is 16.9. The van der Waals surface area contributed by atoms with Crippen LogP contribution in [0.25, 0.3) is 10.9 Å². The summed E-state index contributed by atoms with van der Waals surface area (Å²) in [4.78, 5) is 17.4. The van der Waals surface area contributed by atoms with Gasteiger partial charge in [-0.05, 0) is 36.2 Å². The molecule has 3 aromatic rings. The maximum Gasteiger partial charge on any atom is 0.262 e. The summed E-state index contributed by atoms with van der Waals surface area (Å²) < 4.78 is 1.65. The molecule has 0 saturated heterocycles. The summed E-state index contributed by atoms with van der Waals surface area (Å²) in [6.45, 7) is 0.497. The average molecular weight is 361 g/mol. The largest absolute Gasteiger partial charge is 0.396 e. The van der Waals surface area contributed by atoms with Crippen LogP contribution in [0.15, 0.2) is 58.5 Å². The molecule has 1 N–H and O–H groups in total. The Morgan fingerprint density at radius 1 is 1.12 bits per heavy atom. The quantitative estimate of drug-likeness (QED) is 0.537. The first-order chi connectivity index (χ1) is 11.7. The third kappa shape index (κ3) is 3.80. The highest BCUT2D eigenvalue weighted by Gasteiger charge is 2.11. The summed E-state index contributed by atoms with van der Waals surface area (Å²) in [5, 5.41) is 11.1. The number of rotatable bonds is 6. The molecule has 0 radical (unpaired) electrons. The van der Waals surface area contributed by atoms with Crippen LogP contribution in [-0.4, -0.2) is 21.3 Å². The minimum atomic E-state index is -0.0624. The number of aliphatic hydroxyl groups excluding tert-OH is 1. The number of aliphatic hydroxyl groups is 1. The Labute approximate surface area is 149 Å². The van der Waals surface area contributed by atoms with Gasteiger partial charge in [-0.2, -0.15) is 0 Å². The van der Waals surface area contributed by atoms with Gasteiger partial charge >= 0.3 is 0 Å². The van der Waals surface area contributed by atoms with E-state index in [0.29, 0.717) is 39.8 Å². The summed E-state index contributed by atoms with van der Waals surface area (Å²) in [5.74, 6) is 0.696. The van der Waals surface area contributed by atoms with Gasteiger partial charge in [-0.25, -0.2) is 4.98 Å². The number of halogens is 1. The minimum absolute atomic E-state index is 0.0422. The maximum atomic E-state index is 12.7. The molecule has 0 fully saturated rings. The van der Waals surface area contributed by atoms with Crippen LogP contribution in [0.3, 0.4) is 0 Å². The minimum Gasteiger partial charge on any atom is -0.396 e. The first-order valence-corrected chi connectivity index (χ1v) is 9.03. The van der Waals surface area contributed by atoms with Crippen molar-refractivity contribution in [3.63, 3.8) is 0 Å². The third-order valence-electron chi connectivity index (χ3n) is 3.65. The first kappa shape index (κ1) is 17.0. The number of benzene rings is 2. The second-order valence-electron chi connectivity index (χ2n) is 5.36. The van der Waals surface area contributed by atoms with Crippen LogP contribution in [0.1, 0.15) is 12.0 Å². The molecule has 0 atom stereocenters. The van der Waals surface area contributed by atoms with Crippen molar-refractivity contribution in [2.24, 2.45) is 0 Å². The van der Waals surface area contributed by atoms with Gasteiger partial charge in [0.05, 0.1) is 10.9 Å².